The summed E-state index contributed by atoms with van der Waals surface area (Å²) in [6.45, 7) is 4.72. The Kier molecular flexibility index (Phi) is 4.18. The third kappa shape index (κ3) is 2.97. The molecule has 1 saturated heterocycles. The highest BCUT2D eigenvalue weighted by atomic mass is 16.3. The smallest absolute Gasteiger partial charge is 0.252 e. The zero-order valence-corrected chi connectivity index (χ0v) is 8.12. The SMILES string of the molecule is CCNCC(O)C(=O)N1CCCC1. The minimum Gasteiger partial charge on any atom is -0.382 e. The van der Waals surface area contributed by atoms with Crippen LogP contribution in [0.1, 0.15) is 19.8 Å². The van der Waals surface area contributed by atoms with Gasteiger partial charge in [-0.15, -0.1) is 0 Å². The first-order valence-electron chi connectivity index (χ1n) is 4.93. The molecule has 0 radical (unpaired) electrons. The molecule has 1 fully saturated rings. The first-order valence-corrected chi connectivity index (χ1v) is 4.93. The molecule has 4 nitrogen and oxygen atoms in total. The lowest BCUT2D eigenvalue weighted by Crippen LogP contribution is -2.42. The lowest BCUT2D eigenvalue weighted by atomic mass is 10.3. The van der Waals surface area contributed by atoms with E-state index < -0.39 is 6.10 Å². The molecule has 1 rings (SSSR count). The van der Waals surface area contributed by atoms with Gasteiger partial charge in [-0.1, -0.05) is 6.92 Å². The maximum atomic E-state index is 11.5. The summed E-state index contributed by atoms with van der Waals surface area (Å²) in [5.74, 6) is -0.126. The van der Waals surface area contributed by atoms with Crippen LogP contribution in [0, 0.1) is 0 Å². The average molecular weight is 186 g/mol. The largest absolute Gasteiger partial charge is 0.382 e. The van der Waals surface area contributed by atoms with Crippen molar-refractivity contribution in [2.75, 3.05) is 26.2 Å². The summed E-state index contributed by atoms with van der Waals surface area (Å²) in [4.78, 5) is 13.2. The van der Waals surface area contributed by atoms with Crippen molar-refractivity contribution < 1.29 is 9.90 Å². The normalized spacial score (nSPS) is 19.1. The maximum absolute atomic E-state index is 11.5. The Bertz CT molecular complexity index is 167. The predicted octanol–water partition coefficient (Wildman–Crippen LogP) is -0.421. The number of aliphatic hydroxyl groups excluding tert-OH is 1. The quantitative estimate of drug-likeness (QED) is 0.627. The number of likely N-dealkylation sites (N-methyl/N-ethyl adjacent to an activating group) is 1. The molecule has 1 aliphatic rings. The van der Waals surface area contributed by atoms with E-state index in [0.29, 0.717) is 6.54 Å². The summed E-state index contributed by atoms with van der Waals surface area (Å²) < 4.78 is 0. The van der Waals surface area contributed by atoms with E-state index in [1.165, 1.54) is 0 Å². The molecular formula is C9H18N2O2. The number of rotatable bonds is 4. The molecule has 1 unspecified atom stereocenters. The lowest BCUT2D eigenvalue weighted by Gasteiger charge is -2.19. The van der Waals surface area contributed by atoms with E-state index >= 15 is 0 Å². The zero-order valence-electron chi connectivity index (χ0n) is 8.12. The number of carbonyl (C=O) groups excluding carboxylic acids is 1. The van der Waals surface area contributed by atoms with Crippen molar-refractivity contribution in [1.29, 1.82) is 0 Å². The molecule has 0 aliphatic carbocycles. The number of nitrogens with zero attached hydrogens (tertiary/aromatic N) is 1. The van der Waals surface area contributed by atoms with E-state index in [1.807, 2.05) is 6.92 Å². The first-order chi connectivity index (χ1) is 6.25. The van der Waals surface area contributed by atoms with Gasteiger partial charge in [0, 0.05) is 19.6 Å². The maximum Gasteiger partial charge on any atom is 0.252 e. The third-order valence-corrected chi connectivity index (χ3v) is 2.29. The summed E-state index contributed by atoms with van der Waals surface area (Å²) >= 11 is 0. The van der Waals surface area contributed by atoms with Gasteiger partial charge in [0.25, 0.3) is 5.91 Å². The topological polar surface area (TPSA) is 52.6 Å². The van der Waals surface area contributed by atoms with E-state index in [4.69, 9.17) is 0 Å². The first kappa shape index (κ1) is 10.5. The molecule has 1 heterocycles. The Hall–Kier alpha value is -0.610. The van der Waals surface area contributed by atoms with Crippen LogP contribution in [0.5, 0.6) is 0 Å². The fourth-order valence-electron chi connectivity index (χ4n) is 1.52. The molecule has 2 N–H and O–H groups in total. The number of nitrogens with one attached hydrogen (secondary N) is 1. The minimum atomic E-state index is -0.863. The van der Waals surface area contributed by atoms with Crippen LogP contribution in [0.25, 0.3) is 0 Å². The van der Waals surface area contributed by atoms with Crippen LogP contribution < -0.4 is 5.32 Å². The van der Waals surface area contributed by atoms with Crippen molar-refractivity contribution in [2.24, 2.45) is 0 Å². The van der Waals surface area contributed by atoms with Crippen LogP contribution in [0.2, 0.25) is 0 Å². The Balaban J connectivity index is 2.28. The molecular weight excluding hydrogens is 168 g/mol. The molecule has 0 aromatic rings. The van der Waals surface area contributed by atoms with Gasteiger partial charge < -0.3 is 15.3 Å². The molecule has 0 saturated carbocycles. The molecule has 0 aromatic heterocycles. The Morgan fingerprint density at radius 1 is 1.54 bits per heavy atom. The van der Waals surface area contributed by atoms with Gasteiger partial charge in [-0.25, -0.2) is 0 Å². The van der Waals surface area contributed by atoms with Gasteiger partial charge in [-0.2, -0.15) is 0 Å². The predicted molar refractivity (Wildman–Crippen MR) is 50.4 cm³/mol. The molecule has 76 valence electrons. The van der Waals surface area contributed by atoms with Gasteiger partial charge >= 0.3 is 0 Å². The molecule has 4 heteroatoms. The van der Waals surface area contributed by atoms with Crippen molar-refractivity contribution in [3.63, 3.8) is 0 Å². The van der Waals surface area contributed by atoms with Crippen molar-refractivity contribution in [3.05, 3.63) is 0 Å². The fraction of sp³-hybridized carbons (Fsp3) is 0.889. The number of likely N-dealkylation sites (tertiary alicyclic amines) is 1. The summed E-state index contributed by atoms with van der Waals surface area (Å²) in [6, 6.07) is 0. The molecule has 0 spiro atoms. The zero-order chi connectivity index (χ0) is 9.68. The van der Waals surface area contributed by atoms with Crippen molar-refractivity contribution >= 4 is 5.91 Å². The van der Waals surface area contributed by atoms with Crippen LogP contribution in [0.4, 0.5) is 0 Å². The summed E-state index contributed by atoms with van der Waals surface area (Å²) in [5, 5.41) is 12.4. The number of hydrogen-bond donors (Lipinski definition) is 2. The van der Waals surface area contributed by atoms with Crippen molar-refractivity contribution in [2.45, 2.75) is 25.9 Å². The van der Waals surface area contributed by atoms with E-state index in [9.17, 15) is 9.90 Å². The summed E-state index contributed by atoms with van der Waals surface area (Å²) in [7, 11) is 0. The van der Waals surface area contributed by atoms with Gasteiger partial charge in [0.1, 0.15) is 6.10 Å². The van der Waals surface area contributed by atoms with Crippen LogP contribution in [-0.4, -0.2) is 48.2 Å². The van der Waals surface area contributed by atoms with Gasteiger partial charge in [-0.05, 0) is 19.4 Å². The van der Waals surface area contributed by atoms with Gasteiger partial charge in [0.15, 0.2) is 0 Å². The average Bonchev–Trinajstić information content (AvgIpc) is 2.65. The number of carbonyl (C=O) groups is 1. The van der Waals surface area contributed by atoms with E-state index in [0.717, 1.165) is 32.5 Å². The monoisotopic (exact) mass is 186 g/mol. The van der Waals surface area contributed by atoms with Crippen LogP contribution in [0.15, 0.2) is 0 Å². The second kappa shape index (κ2) is 5.19. The Morgan fingerprint density at radius 2 is 2.15 bits per heavy atom. The molecule has 1 atom stereocenters. The number of hydrogen-bond acceptors (Lipinski definition) is 3. The third-order valence-electron chi connectivity index (χ3n) is 2.29. The molecule has 13 heavy (non-hydrogen) atoms. The number of aliphatic hydroxyl groups is 1. The van der Waals surface area contributed by atoms with E-state index in [1.54, 1.807) is 4.90 Å². The summed E-state index contributed by atoms with van der Waals surface area (Å²) in [6.07, 6.45) is 1.28. The van der Waals surface area contributed by atoms with Crippen LogP contribution in [-0.2, 0) is 4.79 Å². The van der Waals surface area contributed by atoms with E-state index in [-0.39, 0.29) is 5.91 Å². The highest BCUT2D eigenvalue weighted by Crippen LogP contribution is 2.08. The number of amides is 1. The fourth-order valence-corrected chi connectivity index (χ4v) is 1.52. The second-order valence-electron chi connectivity index (χ2n) is 3.36. The van der Waals surface area contributed by atoms with Crippen molar-refractivity contribution in [3.8, 4) is 0 Å². The molecule has 1 aliphatic heterocycles. The Labute approximate surface area is 78.9 Å². The van der Waals surface area contributed by atoms with Crippen LogP contribution in [0.3, 0.4) is 0 Å². The molecule has 0 aromatic carbocycles. The minimum absolute atomic E-state index is 0.126. The standard InChI is InChI=1S/C9H18N2O2/c1-2-10-7-8(12)9(13)11-5-3-4-6-11/h8,10,12H,2-7H2,1H3. The summed E-state index contributed by atoms with van der Waals surface area (Å²) in [5.41, 5.74) is 0. The second-order valence-corrected chi connectivity index (χ2v) is 3.36. The highest BCUT2D eigenvalue weighted by Gasteiger charge is 2.23. The van der Waals surface area contributed by atoms with Gasteiger partial charge in [0.05, 0.1) is 0 Å². The van der Waals surface area contributed by atoms with Crippen LogP contribution >= 0.6 is 0 Å². The molecule has 1 amide bonds. The van der Waals surface area contributed by atoms with Gasteiger partial charge in [-0.3, -0.25) is 4.79 Å². The Morgan fingerprint density at radius 3 is 2.69 bits per heavy atom. The lowest BCUT2D eigenvalue weighted by molar-refractivity contribution is -0.138. The highest BCUT2D eigenvalue weighted by molar-refractivity contribution is 5.81. The van der Waals surface area contributed by atoms with Gasteiger partial charge in [0.2, 0.25) is 0 Å². The van der Waals surface area contributed by atoms with Crippen molar-refractivity contribution in [1.82, 2.24) is 10.2 Å². The van der Waals surface area contributed by atoms with E-state index in [2.05, 4.69) is 5.32 Å². The molecule has 0 bridgehead atoms.